The molecule has 2 N–H and O–H groups in total. The van der Waals surface area contributed by atoms with Gasteiger partial charge in [0.15, 0.2) is 0 Å². The molecular formula is C13H23N3O3. The Bertz CT molecular complexity index is 329. The monoisotopic (exact) mass is 269 g/mol. The van der Waals surface area contributed by atoms with E-state index in [9.17, 15) is 9.59 Å². The van der Waals surface area contributed by atoms with Gasteiger partial charge in [-0.1, -0.05) is 0 Å². The number of carbonyl (C=O) groups is 2. The van der Waals surface area contributed by atoms with Crippen LogP contribution in [-0.2, 0) is 14.3 Å². The van der Waals surface area contributed by atoms with Crippen LogP contribution < -0.4 is 10.6 Å². The van der Waals surface area contributed by atoms with Gasteiger partial charge in [-0.25, -0.2) is 0 Å². The number of carbonyl (C=O) groups excluding carboxylic acids is 2. The number of likely N-dealkylation sites (tertiary alicyclic amines) is 1. The molecule has 6 heteroatoms. The number of hydrogen-bond donors (Lipinski definition) is 2. The molecule has 0 radical (unpaired) electrons. The predicted molar refractivity (Wildman–Crippen MR) is 70.6 cm³/mol. The number of ether oxygens (including phenoxy) is 1. The van der Waals surface area contributed by atoms with Gasteiger partial charge in [0.2, 0.25) is 11.8 Å². The quantitative estimate of drug-likeness (QED) is 0.721. The Hall–Kier alpha value is -1.14. The minimum Gasteiger partial charge on any atom is -0.375 e. The maximum atomic E-state index is 12.0. The van der Waals surface area contributed by atoms with E-state index in [0.29, 0.717) is 6.54 Å². The molecule has 2 amide bonds. The molecule has 2 atom stereocenters. The van der Waals surface area contributed by atoms with Crippen molar-refractivity contribution in [2.24, 2.45) is 0 Å². The molecule has 0 bridgehead atoms. The fourth-order valence-electron chi connectivity index (χ4n) is 2.75. The molecule has 2 saturated heterocycles. The van der Waals surface area contributed by atoms with Crippen LogP contribution in [0.3, 0.4) is 0 Å². The first-order valence-corrected chi connectivity index (χ1v) is 7.01. The average Bonchev–Trinajstić information content (AvgIpc) is 2.93. The number of nitrogens with zero attached hydrogens (tertiary/aromatic N) is 1. The van der Waals surface area contributed by atoms with Crippen LogP contribution in [0.2, 0.25) is 0 Å². The van der Waals surface area contributed by atoms with Crippen LogP contribution in [0.25, 0.3) is 0 Å². The van der Waals surface area contributed by atoms with Crippen molar-refractivity contribution in [3.8, 4) is 0 Å². The number of rotatable bonds is 4. The molecule has 108 valence electrons. The van der Waals surface area contributed by atoms with E-state index in [1.54, 1.807) is 4.90 Å². The molecule has 2 rings (SSSR count). The van der Waals surface area contributed by atoms with E-state index in [1.807, 2.05) is 0 Å². The van der Waals surface area contributed by atoms with E-state index in [-0.39, 0.29) is 30.5 Å². The minimum absolute atomic E-state index is 0.000408. The van der Waals surface area contributed by atoms with E-state index in [4.69, 9.17) is 4.74 Å². The van der Waals surface area contributed by atoms with E-state index >= 15 is 0 Å². The van der Waals surface area contributed by atoms with Crippen LogP contribution in [0.5, 0.6) is 0 Å². The highest BCUT2D eigenvalue weighted by atomic mass is 16.5. The van der Waals surface area contributed by atoms with Crippen LogP contribution in [-0.4, -0.2) is 62.1 Å². The van der Waals surface area contributed by atoms with Crippen molar-refractivity contribution < 1.29 is 14.3 Å². The number of amides is 2. The highest BCUT2D eigenvalue weighted by molar-refractivity contribution is 5.82. The Morgan fingerprint density at radius 2 is 2.21 bits per heavy atom. The molecule has 0 aliphatic carbocycles. The molecule has 0 aromatic carbocycles. The van der Waals surface area contributed by atoms with E-state index in [2.05, 4.69) is 10.6 Å². The molecule has 2 aliphatic heterocycles. The van der Waals surface area contributed by atoms with Gasteiger partial charge in [0.05, 0.1) is 6.04 Å². The van der Waals surface area contributed by atoms with Crippen molar-refractivity contribution >= 4 is 11.8 Å². The highest BCUT2D eigenvalue weighted by Gasteiger charge is 2.28. The third kappa shape index (κ3) is 3.91. The standard InChI is InChI=1S/C13H23N3O3/c1-19-9-12(17)16-7-3-4-10(8-16)15-13(18)11-5-2-6-14-11/h10-11,14H,2-9H2,1H3,(H,15,18). The van der Waals surface area contributed by atoms with Crippen molar-refractivity contribution in [2.45, 2.75) is 37.8 Å². The van der Waals surface area contributed by atoms with Gasteiger partial charge in [0.25, 0.3) is 0 Å². The lowest BCUT2D eigenvalue weighted by atomic mass is 10.0. The summed E-state index contributed by atoms with van der Waals surface area (Å²) in [7, 11) is 1.52. The molecule has 2 unspecified atom stereocenters. The third-order valence-corrected chi connectivity index (χ3v) is 3.77. The zero-order valence-electron chi connectivity index (χ0n) is 11.5. The van der Waals surface area contributed by atoms with Crippen molar-refractivity contribution in [1.29, 1.82) is 0 Å². The molecular weight excluding hydrogens is 246 g/mol. The van der Waals surface area contributed by atoms with Crippen LogP contribution in [0.4, 0.5) is 0 Å². The van der Waals surface area contributed by atoms with E-state index in [0.717, 1.165) is 38.8 Å². The van der Waals surface area contributed by atoms with Gasteiger partial charge >= 0.3 is 0 Å². The lowest BCUT2D eigenvalue weighted by Crippen LogP contribution is -2.53. The lowest BCUT2D eigenvalue weighted by Gasteiger charge is -2.33. The summed E-state index contributed by atoms with van der Waals surface area (Å²) in [6.07, 6.45) is 3.83. The minimum atomic E-state index is -0.0509. The molecule has 2 aliphatic rings. The zero-order valence-corrected chi connectivity index (χ0v) is 11.5. The van der Waals surface area contributed by atoms with Crippen LogP contribution in [0.15, 0.2) is 0 Å². The van der Waals surface area contributed by atoms with Crippen molar-refractivity contribution in [3.63, 3.8) is 0 Å². The number of methoxy groups -OCH3 is 1. The molecule has 2 heterocycles. The summed E-state index contributed by atoms with van der Waals surface area (Å²) in [5.41, 5.74) is 0. The predicted octanol–water partition coefficient (Wildman–Crippen LogP) is -0.508. The van der Waals surface area contributed by atoms with Crippen LogP contribution in [0, 0.1) is 0 Å². The summed E-state index contributed by atoms with van der Waals surface area (Å²) >= 11 is 0. The maximum Gasteiger partial charge on any atom is 0.248 e. The molecule has 6 nitrogen and oxygen atoms in total. The second-order valence-electron chi connectivity index (χ2n) is 5.27. The summed E-state index contributed by atoms with van der Waals surface area (Å²) in [6.45, 7) is 2.39. The van der Waals surface area contributed by atoms with Crippen LogP contribution in [0.1, 0.15) is 25.7 Å². The smallest absolute Gasteiger partial charge is 0.248 e. The topological polar surface area (TPSA) is 70.7 Å². The molecule has 2 fully saturated rings. The number of hydrogen-bond acceptors (Lipinski definition) is 4. The molecule has 0 spiro atoms. The van der Waals surface area contributed by atoms with Gasteiger partial charge in [0, 0.05) is 26.2 Å². The average molecular weight is 269 g/mol. The first-order valence-electron chi connectivity index (χ1n) is 7.01. The van der Waals surface area contributed by atoms with Gasteiger partial charge < -0.3 is 20.3 Å². The first-order chi connectivity index (χ1) is 9.20. The molecule has 0 saturated carbocycles. The fraction of sp³-hybridized carbons (Fsp3) is 0.846. The Balaban J connectivity index is 1.80. The summed E-state index contributed by atoms with van der Waals surface area (Å²) in [6, 6.07) is 0.0227. The second-order valence-corrected chi connectivity index (χ2v) is 5.27. The summed E-state index contributed by atoms with van der Waals surface area (Å²) < 4.78 is 4.87. The molecule has 0 aromatic heterocycles. The van der Waals surface area contributed by atoms with E-state index < -0.39 is 0 Å². The normalized spacial score (nSPS) is 27.3. The van der Waals surface area contributed by atoms with E-state index in [1.165, 1.54) is 7.11 Å². The third-order valence-electron chi connectivity index (χ3n) is 3.77. The SMILES string of the molecule is COCC(=O)N1CCCC(NC(=O)C2CCCN2)C1. The molecule has 0 aromatic rings. The summed E-state index contributed by atoms with van der Waals surface area (Å²) in [5, 5.41) is 6.24. The Morgan fingerprint density at radius 1 is 1.37 bits per heavy atom. The molecule has 19 heavy (non-hydrogen) atoms. The first kappa shape index (κ1) is 14.3. The van der Waals surface area contributed by atoms with Crippen molar-refractivity contribution in [2.75, 3.05) is 33.4 Å². The summed E-state index contributed by atoms with van der Waals surface area (Å²) in [4.78, 5) is 25.6. The van der Waals surface area contributed by atoms with Crippen molar-refractivity contribution in [3.05, 3.63) is 0 Å². The number of piperidine rings is 1. The van der Waals surface area contributed by atoms with Gasteiger partial charge in [-0.05, 0) is 32.2 Å². The Kier molecular flexibility index (Phi) is 5.15. The van der Waals surface area contributed by atoms with Gasteiger partial charge in [-0.15, -0.1) is 0 Å². The van der Waals surface area contributed by atoms with Gasteiger partial charge in [0.1, 0.15) is 6.61 Å². The maximum absolute atomic E-state index is 12.0. The van der Waals surface area contributed by atoms with Crippen molar-refractivity contribution in [1.82, 2.24) is 15.5 Å². The second kappa shape index (κ2) is 6.86. The zero-order chi connectivity index (χ0) is 13.7. The van der Waals surface area contributed by atoms with Gasteiger partial charge in [-0.3, -0.25) is 9.59 Å². The summed E-state index contributed by atoms with van der Waals surface area (Å²) in [5.74, 6) is 0.0731. The van der Waals surface area contributed by atoms with Crippen LogP contribution >= 0.6 is 0 Å². The largest absolute Gasteiger partial charge is 0.375 e. The number of nitrogens with one attached hydrogen (secondary N) is 2. The Labute approximate surface area is 113 Å². The fourth-order valence-corrected chi connectivity index (χ4v) is 2.75. The highest BCUT2D eigenvalue weighted by Crippen LogP contribution is 2.12. The lowest BCUT2D eigenvalue weighted by molar-refractivity contribution is -0.137. The Morgan fingerprint density at radius 3 is 2.89 bits per heavy atom. The van der Waals surface area contributed by atoms with Gasteiger partial charge in [-0.2, -0.15) is 0 Å².